The molecule has 0 amide bonds. The van der Waals surface area contributed by atoms with Crippen LogP contribution in [0.3, 0.4) is 0 Å². The van der Waals surface area contributed by atoms with Crippen LogP contribution < -0.4 is 0 Å². The van der Waals surface area contributed by atoms with Gasteiger partial charge in [-0.3, -0.25) is 0 Å². The van der Waals surface area contributed by atoms with Gasteiger partial charge in [0.1, 0.15) is 0 Å². The van der Waals surface area contributed by atoms with E-state index in [0.717, 1.165) is 6.04 Å². The van der Waals surface area contributed by atoms with Crippen molar-refractivity contribution in [2.75, 3.05) is 13.1 Å². The fourth-order valence-corrected chi connectivity index (χ4v) is 2.89. The Morgan fingerprint density at radius 3 is 2.50 bits per heavy atom. The van der Waals surface area contributed by atoms with Crippen molar-refractivity contribution in [1.82, 2.24) is 4.90 Å². The van der Waals surface area contributed by atoms with Crippen molar-refractivity contribution in [1.29, 1.82) is 0 Å². The lowest BCUT2D eigenvalue weighted by Gasteiger charge is -2.35. The number of hydrogen-bond donors (Lipinski definition) is 0. The molecule has 1 unspecified atom stereocenters. The normalized spacial score (nSPS) is 28.3. The van der Waals surface area contributed by atoms with Crippen LogP contribution in [0.2, 0.25) is 0 Å². The Bertz CT molecular complexity index is 141. The van der Waals surface area contributed by atoms with Crippen molar-refractivity contribution < 1.29 is 0 Å². The number of nitrogens with zero attached hydrogens (tertiary/aromatic N) is 1. The average molecular weight is 194 g/mol. The van der Waals surface area contributed by atoms with Crippen LogP contribution in [0.25, 0.3) is 0 Å². The van der Waals surface area contributed by atoms with Crippen LogP contribution in [0.1, 0.15) is 57.8 Å². The lowest BCUT2D eigenvalue weighted by Crippen LogP contribution is -2.39. The Balaban J connectivity index is 1.80. The molecule has 1 heteroatoms. The minimum atomic E-state index is 0.899. The first-order chi connectivity index (χ1) is 6.97. The van der Waals surface area contributed by atoms with E-state index in [4.69, 9.17) is 0 Å². The van der Waals surface area contributed by atoms with Crippen molar-refractivity contribution in [2.45, 2.75) is 63.8 Å². The summed E-state index contributed by atoms with van der Waals surface area (Å²) in [6.07, 6.45) is 15.4. The minimum absolute atomic E-state index is 0.899. The molecule has 2 rings (SSSR count). The second-order valence-electron chi connectivity index (χ2n) is 4.91. The van der Waals surface area contributed by atoms with Gasteiger partial charge in [-0.15, -0.1) is 0 Å². The molecule has 0 aromatic heterocycles. The molecule has 1 saturated carbocycles. The summed E-state index contributed by atoms with van der Waals surface area (Å²) in [5.41, 5.74) is 0. The van der Waals surface area contributed by atoms with E-state index in [2.05, 4.69) is 11.3 Å². The zero-order valence-electron chi connectivity index (χ0n) is 9.38. The molecule has 1 aliphatic heterocycles. The molecule has 1 nitrogen and oxygen atoms in total. The third-order valence-electron chi connectivity index (χ3n) is 3.79. The number of likely N-dealkylation sites (tertiary alicyclic amines) is 1. The molecule has 2 fully saturated rings. The predicted molar refractivity (Wildman–Crippen MR) is 61.2 cm³/mol. The molecule has 0 aromatic carbocycles. The van der Waals surface area contributed by atoms with Crippen molar-refractivity contribution in [3.8, 4) is 0 Å². The van der Waals surface area contributed by atoms with Gasteiger partial charge in [-0.2, -0.15) is 0 Å². The summed E-state index contributed by atoms with van der Waals surface area (Å²) in [7, 11) is 0. The van der Waals surface area contributed by atoms with Gasteiger partial charge in [-0.05, 0) is 45.2 Å². The molecule has 1 aliphatic carbocycles. The number of hydrogen-bond acceptors (Lipinski definition) is 1. The summed E-state index contributed by atoms with van der Waals surface area (Å²) >= 11 is 0. The van der Waals surface area contributed by atoms with E-state index in [9.17, 15) is 0 Å². The third kappa shape index (κ3) is 2.98. The summed E-state index contributed by atoms with van der Waals surface area (Å²) in [5.74, 6) is 0. The second-order valence-corrected chi connectivity index (χ2v) is 4.91. The maximum atomic E-state index is 2.76. The fraction of sp³-hybridized carbons (Fsp3) is 0.923. The van der Waals surface area contributed by atoms with Crippen LogP contribution in [0.4, 0.5) is 0 Å². The SMILES string of the molecule is [CH]1CCCCCC(N2CCCCC2)C1. The van der Waals surface area contributed by atoms with E-state index >= 15 is 0 Å². The van der Waals surface area contributed by atoms with Gasteiger partial charge < -0.3 is 4.90 Å². The second kappa shape index (κ2) is 5.75. The quantitative estimate of drug-likeness (QED) is 0.618. The zero-order chi connectivity index (χ0) is 9.64. The first-order valence-electron chi connectivity index (χ1n) is 6.52. The average Bonchev–Trinajstić information content (AvgIpc) is 2.18. The van der Waals surface area contributed by atoms with Gasteiger partial charge in [0.05, 0.1) is 0 Å². The molecule has 81 valence electrons. The number of piperidine rings is 1. The molecule has 0 N–H and O–H groups in total. The predicted octanol–water partition coefficient (Wildman–Crippen LogP) is 3.40. The van der Waals surface area contributed by atoms with Crippen LogP contribution >= 0.6 is 0 Å². The van der Waals surface area contributed by atoms with Gasteiger partial charge in [0.2, 0.25) is 0 Å². The molecule has 0 aromatic rings. The smallest absolute Gasteiger partial charge is 0.00979 e. The van der Waals surface area contributed by atoms with Crippen LogP contribution in [0, 0.1) is 6.42 Å². The van der Waals surface area contributed by atoms with E-state index in [1.165, 1.54) is 70.9 Å². The van der Waals surface area contributed by atoms with Crippen molar-refractivity contribution in [3.05, 3.63) is 6.42 Å². The topological polar surface area (TPSA) is 3.24 Å². The Morgan fingerprint density at radius 1 is 0.857 bits per heavy atom. The van der Waals surface area contributed by atoms with Gasteiger partial charge in [0.15, 0.2) is 0 Å². The lowest BCUT2D eigenvalue weighted by atomic mass is 9.94. The largest absolute Gasteiger partial charge is 0.300 e. The van der Waals surface area contributed by atoms with Crippen molar-refractivity contribution in [3.63, 3.8) is 0 Å². The Hall–Kier alpha value is -0.0400. The molecular weight excluding hydrogens is 170 g/mol. The number of rotatable bonds is 1. The van der Waals surface area contributed by atoms with Crippen LogP contribution in [0.15, 0.2) is 0 Å². The van der Waals surface area contributed by atoms with Crippen LogP contribution in [-0.2, 0) is 0 Å². The molecule has 14 heavy (non-hydrogen) atoms. The van der Waals surface area contributed by atoms with Gasteiger partial charge in [0, 0.05) is 6.04 Å². The molecular formula is C13H24N. The summed E-state index contributed by atoms with van der Waals surface area (Å²) in [6.45, 7) is 2.75. The van der Waals surface area contributed by atoms with Gasteiger partial charge in [0.25, 0.3) is 0 Å². The van der Waals surface area contributed by atoms with Gasteiger partial charge in [-0.25, -0.2) is 0 Å². The molecule has 2 aliphatic rings. The first kappa shape index (κ1) is 10.5. The molecule has 0 bridgehead atoms. The van der Waals surface area contributed by atoms with Crippen molar-refractivity contribution >= 4 is 0 Å². The van der Waals surface area contributed by atoms with Crippen molar-refractivity contribution in [2.24, 2.45) is 0 Å². The third-order valence-corrected chi connectivity index (χ3v) is 3.79. The summed E-state index contributed by atoms with van der Waals surface area (Å²) in [6, 6.07) is 0.899. The summed E-state index contributed by atoms with van der Waals surface area (Å²) < 4.78 is 0. The van der Waals surface area contributed by atoms with Gasteiger partial charge >= 0.3 is 0 Å². The van der Waals surface area contributed by atoms with Crippen LogP contribution in [-0.4, -0.2) is 24.0 Å². The maximum absolute atomic E-state index is 2.76. The molecule has 1 radical (unpaired) electrons. The van der Waals surface area contributed by atoms with Crippen LogP contribution in [0.5, 0.6) is 0 Å². The Morgan fingerprint density at radius 2 is 1.64 bits per heavy atom. The standard InChI is InChI=1S/C13H24N/c1-2-5-9-13(10-6-3-1)14-11-7-4-8-12-14/h5,13H,1-4,6-12H2. The van der Waals surface area contributed by atoms with E-state index in [0.29, 0.717) is 0 Å². The monoisotopic (exact) mass is 194 g/mol. The van der Waals surface area contributed by atoms with E-state index in [1.807, 2.05) is 0 Å². The zero-order valence-corrected chi connectivity index (χ0v) is 9.38. The lowest BCUT2D eigenvalue weighted by molar-refractivity contribution is 0.147. The first-order valence-corrected chi connectivity index (χ1v) is 6.52. The Labute approximate surface area is 88.9 Å². The maximum Gasteiger partial charge on any atom is 0.00979 e. The van der Waals surface area contributed by atoms with E-state index in [1.54, 1.807) is 0 Å². The highest BCUT2D eigenvalue weighted by atomic mass is 15.2. The van der Waals surface area contributed by atoms with Gasteiger partial charge in [-0.1, -0.05) is 32.1 Å². The fourth-order valence-electron chi connectivity index (χ4n) is 2.89. The highest BCUT2D eigenvalue weighted by Gasteiger charge is 2.20. The molecule has 1 heterocycles. The minimum Gasteiger partial charge on any atom is -0.300 e. The van der Waals surface area contributed by atoms with E-state index in [-0.39, 0.29) is 0 Å². The highest BCUT2D eigenvalue weighted by Crippen LogP contribution is 2.23. The Kier molecular flexibility index (Phi) is 4.30. The highest BCUT2D eigenvalue weighted by molar-refractivity contribution is 4.82. The molecule has 1 saturated heterocycles. The molecule has 1 atom stereocenters. The molecule has 0 spiro atoms. The summed E-state index contributed by atoms with van der Waals surface area (Å²) in [4.78, 5) is 2.76. The van der Waals surface area contributed by atoms with E-state index < -0.39 is 0 Å². The summed E-state index contributed by atoms with van der Waals surface area (Å²) in [5, 5.41) is 0.